The first-order valence-corrected chi connectivity index (χ1v) is 7.95. The number of piperidine rings is 1. The molecule has 2 fully saturated rings. The number of hydrogen-bond donors (Lipinski definition) is 1. The summed E-state index contributed by atoms with van der Waals surface area (Å²) in [6.07, 6.45) is 2.04. The Labute approximate surface area is 133 Å². The maximum Gasteiger partial charge on any atom is 0.410 e. The van der Waals surface area contributed by atoms with Gasteiger partial charge in [-0.3, -0.25) is 9.89 Å². The highest BCUT2D eigenvalue weighted by Gasteiger charge is 2.47. The number of H-pyrrole nitrogens is 1. The van der Waals surface area contributed by atoms with Crippen LogP contribution in [0.15, 0.2) is 0 Å². The van der Waals surface area contributed by atoms with Crippen molar-refractivity contribution >= 4 is 12.0 Å². The molecule has 124 valence electrons. The van der Waals surface area contributed by atoms with Crippen molar-refractivity contribution in [2.45, 2.75) is 31.5 Å². The zero-order valence-corrected chi connectivity index (χ0v) is 13.1. The van der Waals surface area contributed by atoms with Crippen molar-refractivity contribution in [1.29, 1.82) is 0 Å². The van der Waals surface area contributed by atoms with Crippen molar-refractivity contribution in [3.8, 4) is 0 Å². The fourth-order valence-electron chi connectivity index (χ4n) is 3.71. The summed E-state index contributed by atoms with van der Waals surface area (Å²) in [4.78, 5) is 27.9. The van der Waals surface area contributed by atoms with Crippen LogP contribution in [0.1, 0.15) is 34.6 Å². The fourth-order valence-corrected chi connectivity index (χ4v) is 3.71. The largest absolute Gasteiger partial charge is 0.439 e. The number of carbonyl (C=O) groups is 2. The molecule has 0 saturated carbocycles. The maximum atomic E-state index is 12.9. The third-order valence-corrected chi connectivity index (χ3v) is 4.87. The number of aromatic nitrogens is 2. The number of rotatable bonds is 1. The first kappa shape index (κ1) is 14.5. The van der Waals surface area contributed by atoms with Crippen molar-refractivity contribution in [2.75, 3.05) is 33.3 Å². The monoisotopic (exact) mass is 320 g/mol. The van der Waals surface area contributed by atoms with Crippen LogP contribution in [0.2, 0.25) is 0 Å². The lowest BCUT2D eigenvalue weighted by molar-refractivity contribution is -0.00556. The summed E-state index contributed by atoms with van der Waals surface area (Å²) in [7, 11) is 1.72. The van der Waals surface area contributed by atoms with Crippen LogP contribution in [0.3, 0.4) is 0 Å². The van der Waals surface area contributed by atoms with Crippen molar-refractivity contribution in [3.05, 3.63) is 17.0 Å². The lowest BCUT2D eigenvalue weighted by Crippen LogP contribution is -2.52. The van der Waals surface area contributed by atoms with Crippen molar-refractivity contribution in [1.82, 2.24) is 20.0 Å². The van der Waals surface area contributed by atoms with Gasteiger partial charge in [0.2, 0.25) is 0 Å². The zero-order valence-electron chi connectivity index (χ0n) is 13.1. The summed E-state index contributed by atoms with van der Waals surface area (Å²) in [6, 6.07) is 0. The van der Waals surface area contributed by atoms with Gasteiger partial charge in [-0.25, -0.2) is 4.79 Å². The molecule has 1 aromatic rings. The van der Waals surface area contributed by atoms with E-state index in [2.05, 4.69) is 10.2 Å². The van der Waals surface area contributed by atoms with Gasteiger partial charge in [-0.15, -0.1) is 0 Å². The minimum atomic E-state index is -0.577. The molecule has 2 amide bonds. The number of likely N-dealkylation sites (N-methyl/N-ethyl adjacent to an activating group) is 1. The van der Waals surface area contributed by atoms with Gasteiger partial charge in [-0.1, -0.05) is 0 Å². The molecule has 4 rings (SSSR count). The molecule has 2 saturated heterocycles. The summed E-state index contributed by atoms with van der Waals surface area (Å²) >= 11 is 0. The van der Waals surface area contributed by atoms with Gasteiger partial charge in [0.05, 0.1) is 26.3 Å². The molecule has 3 aliphatic heterocycles. The Balaban J connectivity index is 1.55. The Morgan fingerprint density at radius 1 is 1.39 bits per heavy atom. The zero-order chi connectivity index (χ0) is 16.0. The molecule has 1 N–H and O–H groups in total. The third-order valence-electron chi connectivity index (χ3n) is 4.87. The molecule has 4 heterocycles. The van der Waals surface area contributed by atoms with E-state index in [1.54, 1.807) is 16.8 Å². The molecule has 0 radical (unpaired) electrons. The molecule has 3 aliphatic rings. The first-order chi connectivity index (χ1) is 11.1. The first-order valence-electron chi connectivity index (χ1n) is 7.95. The topological polar surface area (TPSA) is 87.8 Å². The molecule has 1 atom stereocenters. The van der Waals surface area contributed by atoms with Crippen molar-refractivity contribution < 1.29 is 19.1 Å². The van der Waals surface area contributed by atoms with E-state index >= 15 is 0 Å². The average Bonchev–Trinajstić information content (AvgIpc) is 3.08. The predicted octanol–water partition coefficient (Wildman–Crippen LogP) is 0.539. The van der Waals surface area contributed by atoms with Gasteiger partial charge in [0, 0.05) is 31.3 Å². The number of nitrogens with one attached hydrogen (secondary N) is 1. The third kappa shape index (κ3) is 2.37. The number of carbonyl (C=O) groups excluding carboxylic acids is 2. The van der Waals surface area contributed by atoms with Gasteiger partial charge in [0.1, 0.15) is 5.60 Å². The summed E-state index contributed by atoms with van der Waals surface area (Å²) < 4.78 is 11.0. The van der Waals surface area contributed by atoms with Crippen LogP contribution in [0.5, 0.6) is 0 Å². The van der Waals surface area contributed by atoms with Crippen LogP contribution in [0.25, 0.3) is 0 Å². The Hall–Kier alpha value is -2.09. The van der Waals surface area contributed by atoms with E-state index in [0.717, 1.165) is 30.5 Å². The summed E-state index contributed by atoms with van der Waals surface area (Å²) in [5.41, 5.74) is 1.71. The molecule has 1 aromatic heterocycles. The SMILES string of the molecule is CN1C[C@@]2(CCCN(C(=O)c3n[nH]c4c3COCC4)C2)OC1=O. The summed E-state index contributed by atoms with van der Waals surface area (Å²) in [5, 5.41) is 7.15. The lowest BCUT2D eigenvalue weighted by atomic mass is 9.92. The van der Waals surface area contributed by atoms with Crippen molar-refractivity contribution in [3.63, 3.8) is 0 Å². The number of aromatic amines is 1. The molecule has 8 nitrogen and oxygen atoms in total. The molecule has 0 bridgehead atoms. The highest BCUT2D eigenvalue weighted by Crippen LogP contribution is 2.32. The fraction of sp³-hybridized carbons (Fsp3) is 0.667. The van der Waals surface area contributed by atoms with Crippen LogP contribution < -0.4 is 0 Å². The van der Waals surface area contributed by atoms with Gasteiger partial charge in [-0.2, -0.15) is 5.10 Å². The van der Waals surface area contributed by atoms with Crippen LogP contribution in [0, 0.1) is 0 Å². The van der Waals surface area contributed by atoms with E-state index < -0.39 is 5.60 Å². The normalized spacial score (nSPS) is 27.3. The van der Waals surface area contributed by atoms with E-state index in [0.29, 0.717) is 38.5 Å². The minimum Gasteiger partial charge on any atom is -0.439 e. The van der Waals surface area contributed by atoms with Gasteiger partial charge < -0.3 is 19.3 Å². The van der Waals surface area contributed by atoms with E-state index in [4.69, 9.17) is 9.47 Å². The molecule has 0 aliphatic carbocycles. The van der Waals surface area contributed by atoms with Gasteiger partial charge in [0.25, 0.3) is 5.91 Å². The number of nitrogens with zero attached hydrogens (tertiary/aromatic N) is 3. The van der Waals surface area contributed by atoms with E-state index in [-0.39, 0.29) is 12.0 Å². The second-order valence-electron chi connectivity index (χ2n) is 6.57. The standard InChI is InChI=1S/C15H20N4O4/c1-18-8-15(23-14(18)21)4-2-5-19(9-15)13(20)12-10-7-22-6-3-11(10)16-17-12/h2-9H2,1H3,(H,16,17)/t15-/m1/s1. The Morgan fingerprint density at radius 3 is 3.04 bits per heavy atom. The van der Waals surface area contributed by atoms with E-state index in [1.807, 2.05) is 0 Å². The molecule has 8 heteroatoms. The predicted molar refractivity (Wildman–Crippen MR) is 78.9 cm³/mol. The maximum absolute atomic E-state index is 12.9. The van der Waals surface area contributed by atoms with Gasteiger partial charge in [0.15, 0.2) is 5.69 Å². The molecular weight excluding hydrogens is 300 g/mol. The Kier molecular flexibility index (Phi) is 3.29. The molecule has 23 heavy (non-hydrogen) atoms. The summed E-state index contributed by atoms with van der Waals surface area (Å²) in [5.74, 6) is -0.113. The summed E-state index contributed by atoms with van der Waals surface area (Å²) in [6.45, 7) is 2.67. The number of likely N-dealkylation sites (tertiary alicyclic amines) is 1. The second kappa shape index (κ2) is 5.23. The Morgan fingerprint density at radius 2 is 2.26 bits per heavy atom. The van der Waals surface area contributed by atoms with Gasteiger partial charge in [-0.05, 0) is 12.8 Å². The van der Waals surface area contributed by atoms with E-state index in [1.165, 1.54) is 0 Å². The number of fused-ring (bicyclic) bond motifs is 1. The second-order valence-corrected chi connectivity index (χ2v) is 6.57. The van der Waals surface area contributed by atoms with Crippen LogP contribution in [-0.2, 0) is 22.5 Å². The molecule has 1 spiro atoms. The number of hydrogen-bond acceptors (Lipinski definition) is 5. The minimum absolute atomic E-state index is 0.113. The lowest BCUT2D eigenvalue weighted by Gasteiger charge is -2.38. The Bertz CT molecular complexity index is 658. The van der Waals surface area contributed by atoms with Crippen LogP contribution >= 0.6 is 0 Å². The van der Waals surface area contributed by atoms with Crippen LogP contribution in [0.4, 0.5) is 4.79 Å². The van der Waals surface area contributed by atoms with Crippen LogP contribution in [-0.4, -0.2) is 70.9 Å². The smallest absolute Gasteiger partial charge is 0.410 e. The molecular formula is C15H20N4O4. The quantitative estimate of drug-likeness (QED) is 0.816. The molecule has 0 unspecified atom stereocenters. The highest BCUT2D eigenvalue weighted by atomic mass is 16.6. The average molecular weight is 320 g/mol. The molecule has 0 aromatic carbocycles. The number of amides is 2. The highest BCUT2D eigenvalue weighted by molar-refractivity contribution is 5.94. The van der Waals surface area contributed by atoms with Gasteiger partial charge >= 0.3 is 6.09 Å². The number of ether oxygens (including phenoxy) is 2. The van der Waals surface area contributed by atoms with E-state index in [9.17, 15) is 9.59 Å². The van der Waals surface area contributed by atoms with Crippen molar-refractivity contribution in [2.24, 2.45) is 0 Å².